The van der Waals surface area contributed by atoms with Crippen LogP contribution < -0.4 is 0 Å². The molecular weight excluding hydrogens is 324 g/mol. The van der Waals surface area contributed by atoms with E-state index in [1.54, 1.807) is 22.3 Å². The molecule has 0 aliphatic rings. The van der Waals surface area contributed by atoms with Crippen LogP contribution in [0.4, 0.5) is 0 Å². The van der Waals surface area contributed by atoms with Crippen molar-refractivity contribution in [3.05, 3.63) is 76.5 Å². The fraction of sp³-hybridized carbons (Fsp3) is 0.111. The number of thiophene rings is 1. The highest BCUT2D eigenvalue weighted by Crippen LogP contribution is 2.24. The maximum atomic E-state index is 12.7. The molecule has 0 aliphatic carbocycles. The number of thiazole rings is 1. The van der Waals surface area contributed by atoms with Gasteiger partial charge in [-0.25, -0.2) is 4.98 Å². The lowest BCUT2D eigenvalue weighted by Crippen LogP contribution is -2.30. The van der Waals surface area contributed by atoms with E-state index in [1.165, 1.54) is 11.3 Å². The molecule has 5 heteroatoms. The van der Waals surface area contributed by atoms with Gasteiger partial charge in [-0.3, -0.25) is 4.79 Å². The number of rotatable bonds is 6. The van der Waals surface area contributed by atoms with E-state index >= 15 is 0 Å². The fourth-order valence-electron chi connectivity index (χ4n) is 2.21. The maximum absolute atomic E-state index is 12.7. The van der Waals surface area contributed by atoms with Crippen molar-refractivity contribution in [1.82, 2.24) is 9.88 Å². The van der Waals surface area contributed by atoms with Gasteiger partial charge in [-0.05, 0) is 11.4 Å². The van der Waals surface area contributed by atoms with Gasteiger partial charge in [0.25, 0.3) is 5.91 Å². The summed E-state index contributed by atoms with van der Waals surface area (Å²) in [5, 5.41) is 4.71. The summed E-state index contributed by atoms with van der Waals surface area (Å²) in [5.41, 5.74) is 1.53. The van der Waals surface area contributed by atoms with E-state index in [0.717, 1.165) is 15.4 Å². The van der Waals surface area contributed by atoms with E-state index in [0.29, 0.717) is 18.8 Å². The standard InChI is InChI=1S/C18H16N2OS2/c1-2-10-20(12-15-9-6-11-22-15)18(21)16-13-23-17(19-16)14-7-4-3-5-8-14/h2-9,11,13H,1,10,12H2. The Kier molecular flexibility index (Phi) is 5.00. The quantitative estimate of drug-likeness (QED) is 0.609. The molecule has 1 aromatic carbocycles. The normalized spacial score (nSPS) is 10.4. The van der Waals surface area contributed by atoms with Crippen molar-refractivity contribution in [3.63, 3.8) is 0 Å². The molecule has 3 nitrogen and oxygen atoms in total. The topological polar surface area (TPSA) is 33.2 Å². The predicted molar refractivity (Wildman–Crippen MR) is 96.8 cm³/mol. The Balaban J connectivity index is 1.80. The van der Waals surface area contributed by atoms with Gasteiger partial charge in [0.05, 0.1) is 6.54 Å². The van der Waals surface area contributed by atoms with Crippen molar-refractivity contribution in [2.45, 2.75) is 6.54 Å². The second-order valence-electron chi connectivity index (χ2n) is 4.96. The van der Waals surface area contributed by atoms with Gasteiger partial charge in [0.2, 0.25) is 0 Å². The van der Waals surface area contributed by atoms with E-state index in [2.05, 4.69) is 11.6 Å². The lowest BCUT2D eigenvalue weighted by molar-refractivity contribution is 0.0759. The van der Waals surface area contributed by atoms with Gasteiger partial charge in [-0.15, -0.1) is 29.3 Å². The van der Waals surface area contributed by atoms with Crippen molar-refractivity contribution in [2.75, 3.05) is 6.54 Å². The van der Waals surface area contributed by atoms with Gasteiger partial charge in [-0.1, -0.05) is 42.5 Å². The Labute approximate surface area is 143 Å². The van der Waals surface area contributed by atoms with Crippen molar-refractivity contribution in [3.8, 4) is 10.6 Å². The van der Waals surface area contributed by atoms with Gasteiger partial charge >= 0.3 is 0 Å². The molecular formula is C18H16N2OS2. The Hall–Kier alpha value is -2.24. The van der Waals surface area contributed by atoms with Crippen LogP contribution >= 0.6 is 22.7 Å². The number of amides is 1. The molecule has 1 amide bonds. The van der Waals surface area contributed by atoms with Crippen LogP contribution in [0, 0.1) is 0 Å². The van der Waals surface area contributed by atoms with Crippen LogP contribution in [0.15, 0.2) is 65.9 Å². The average molecular weight is 340 g/mol. The van der Waals surface area contributed by atoms with E-state index in [9.17, 15) is 4.79 Å². The van der Waals surface area contributed by atoms with Crippen LogP contribution in [-0.2, 0) is 6.54 Å². The Morgan fingerprint density at radius 3 is 2.70 bits per heavy atom. The number of carbonyl (C=O) groups excluding carboxylic acids is 1. The minimum Gasteiger partial charge on any atom is -0.328 e. The Morgan fingerprint density at radius 2 is 2.00 bits per heavy atom. The third kappa shape index (κ3) is 3.75. The summed E-state index contributed by atoms with van der Waals surface area (Å²) >= 11 is 3.14. The number of nitrogens with zero attached hydrogens (tertiary/aromatic N) is 2. The Morgan fingerprint density at radius 1 is 1.17 bits per heavy atom. The van der Waals surface area contributed by atoms with E-state index in [-0.39, 0.29) is 5.91 Å². The molecule has 23 heavy (non-hydrogen) atoms. The second-order valence-corrected chi connectivity index (χ2v) is 6.85. The predicted octanol–water partition coefficient (Wildman–Crippen LogP) is 4.70. The summed E-state index contributed by atoms with van der Waals surface area (Å²) < 4.78 is 0. The molecule has 0 saturated heterocycles. The summed E-state index contributed by atoms with van der Waals surface area (Å²) in [7, 11) is 0. The van der Waals surface area contributed by atoms with Crippen molar-refractivity contribution in [2.24, 2.45) is 0 Å². The van der Waals surface area contributed by atoms with Gasteiger partial charge in [0.1, 0.15) is 10.7 Å². The minimum absolute atomic E-state index is 0.0586. The van der Waals surface area contributed by atoms with Gasteiger partial charge in [0, 0.05) is 22.4 Å². The van der Waals surface area contributed by atoms with E-state index in [4.69, 9.17) is 0 Å². The first kappa shape index (κ1) is 15.6. The fourth-order valence-corrected chi connectivity index (χ4v) is 3.73. The zero-order chi connectivity index (χ0) is 16.1. The van der Waals surface area contributed by atoms with E-state index in [1.807, 2.05) is 53.2 Å². The molecule has 0 radical (unpaired) electrons. The summed E-state index contributed by atoms with van der Waals surface area (Å²) in [6.07, 6.45) is 1.75. The summed E-state index contributed by atoms with van der Waals surface area (Å²) in [6.45, 7) is 4.84. The summed E-state index contributed by atoms with van der Waals surface area (Å²) in [5.74, 6) is -0.0586. The molecule has 0 atom stereocenters. The van der Waals surface area contributed by atoms with Crippen LogP contribution in [0.5, 0.6) is 0 Å². The van der Waals surface area contributed by atoms with Gasteiger partial charge in [0.15, 0.2) is 0 Å². The summed E-state index contributed by atoms with van der Waals surface area (Å²) in [4.78, 5) is 20.2. The van der Waals surface area contributed by atoms with Crippen LogP contribution in [0.3, 0.4) is 0 Å². The van der Waals surface area contributed by atoms with Crippen LogP contribution in [0.25, 0.3) is 10.6 Å². The second kappa shape index (κ2) is 7.35. The molecule has 0 bridgehead atoms. The van der Waals surface area contributed by atoms with Crippen LogP contribution in [0.2, 0.25) is 0 Å². The highest BCUT2D eigenvalue weighted by atomic mass is 32.1. The van der Waals surface area contributed by atoms with Crippen molar-refractivity contribution >= 4 is 28.6 Å². The molecule has 0 aliphatic heterocycles. The zero-order valence-corrected chi connectivity index (χ0v) is 14.1. The Bertz CT molecular complexity index is 778. The van der Waals surface area contributed by atoms with E-state index < -0.39 is 0 Å². The maximum Gasteiger partial charge on any atom is 0.273 e. The molecule has 0 fully saturated rings. The first-order valence-corrected chi connectivity index (χ1v) is 8.97. The smallest absolute Gasteiger partial charge is 0.273 e. The average Bonchev–Trinajstić information content (AvgIpc) is 3.26. The molecule has 0 unspecified atom stereocenters. The molecule has 3 aromatic rings. The van der Waals surface area contributed by atoms with Gasteiger partial charge < -0.3 is 4.90 Å². The van der Waals surface area contributed by atoms with Crippen LogP contribution in [-0.4, -0.2) is 22.3 Å². The molecule has 3 rings (SSSR count). The van der Waals surface area contributed by atoms with Crippen molar-refractivity contribution < 1.29 is 4.79 Å². The number of aromatic nitrogens is 1. The third-order valence-electron chi connectivity index (χ3n) is 3.31. The van der Waals surface area contributed by atoms with Crippen molar-refractivity contribution in [1.29, 1.82) is 0 Å². The largest absolute Gasteiger partial charge is 0.328 e. The van der Waals surface area contributed by atoms with Crippen LogP contribution in [0.1, 0.15) is 15.4 Å². The highest BCUT2D eigenvalue weighted by molar-refractivity contribution is 7.13. The third-order valence-corrected chi connectivity index (χ3v) is 5.06. The zero-order valence-electron chi connectivity index (χ0n) is 12.5. The molecule has 2 aromatic heterocycles. The number of hydrogen-bond acceptors (Lipinski definition) is 4. The SMILES string of the molecule is C=CCN(Cc1cccs1)C(=O)c1csc(-c2ccccc2)n1. The lowest BCUT2D eigenvalue weighted by atomic mass is 10.2. The molecule has 116 valence electrons. The van der Waals surface area contributed by atoms with Gasteiger partial charge in [-0.2, -0.15) is 0 Å². The number of carbonyl (C=O) groups is 1. The molecule has 0 saturated carbocycles. The molecule has 0 N–H and O–H groups in total. The minimum atomic E-state index is -0.0586. The number of hydrogen-bond donors (Lipinski definition) is 0. The summed E-state index contributed by atoms with van der Waals surface area (Å²) in [6, 6.07) is 13.9. The monoisotopic (exact) mass is 340 g/mol. The first-order chi connectivity index (χ1) is 11.3. The first-order valence-electron chi connectivity index (χ1n) is 7.21. The number of benzene rings is 1. The lowest BCUT2D eigenvalue weighted by Gasteiger charge is -2.19. The molecule has 2 heterocycles. The highest BCUT2D eigenvalue weighted by Gasteiger charge is 2.19. The molecule has 0 spiro atoms.